The molecule has 0 spiro atoms. The lowest BCUT2D eigenvalue weighted by atomic mass is 10.0. The second-order valence-corrected chi connectivity index (χ2v) is 7.83. The first-order chi connectivity index (χ1) is 12.4. The maximum atomic E-state index is 14.1. The molecule has 1 aliphatic carbocycles. The Balaban J connectivity index is 2.51. The summed E-state index contributed by atoms with van der Waals surface area (Å²) in [5.41, 5.74) is -0.362. The van der Waals surface area contributed by atoms with Gasteiger partial charge in [0.1, 0.15) is 29.2 Å². The lowest BCUT2D eigenvalue weighted by molar-refractivity contribution is -0.105. The molecule has 0 aromatic heterocycles. The molecule has 10 heteroatoms. The molecule has 0 amide bonds. The van der Waals surface area contributed by atoms with Crippen LogP contribution < -0.4 is 4.74 Å². The van der Waals surface area contributed by atoms with Crippen molar-refractivity contribution in [1.29, 1.82) is 0 Å². The van der Waals surface area contributed by atoms with E-state index in [4.69, 9.17) is 4.74 Å². The van der Waals surface area contributed by atoms with Crippen molar-refractivity contribution in [1.82, 2.24) is 0 Å². The molecule has 0 unspecified atom stereocenters. The Kier molecular flexibility index (Phi) is 6.10. The summed E-state index contributed by atoms with van der Waals surface area (Å²) in [5.74, 6) is -6.58. The first-order valence-corrected chi connectivity index (χ1v) is 9.17. The minimum absolute atomic E-state index is 0.362. The van der Waals surface area contributed by atoms with Crippen LogP contribution in [0.5, 0.6) is 5.75 Å². The Morgan fingerprint density at radius 2 is 1.78 bits per heavy atom. The predicted molar refractivity (Wildman–Crippen MR) is 87.4 cm³/mol. The number of benzene rings is 1. The molecule has 0 radical (unpaired) electrons. The van der Waals surface area contributed by atoms with Gasteiger partial charge >= 0.3 is 0 Å². The monoisotopic (exact) mass is 410 g/mol. The molecule has 148 valence electrons. The van der Waals surface area contributed by atoms with Crippen LogP contribution in [0.1, 0.15) is 12.8 Å². The van der Waals surface area contributed by atoms with Gasteiger partial charge < -0.3 is 9.84 Å². The molecule has 2 rings (SSSR count). The molecule has 1 aromatic carbocycles. The van der Waals surface area contributed by atoms with E-state index in [9.17, 15) is 35.5 Å². The van der Waals surface area contributed by atoms with Crippen LogP contribution in [-0.2, 0) is 9.84 Å². The van der Waals surface area contributed by atoms with Crippen molar-refractivity contribution in [2.75, 3.05) is 6.01 Å². The van der Waals surface area contributed by atoms with Crippen molar-refractivity contribution >= 4 is 9.84 Å². The maximum Gasteiger partial charge on any atom is 0.277 e. The molecule has 0 bridgehead atoms. The van der Waals surface area contributed by atoms with Crippen LogP contribution >= 0.6 is 0 Å². The lowest BCUT2D eigenvalue weighted by Gasteiger charge is -2.23. The molecular weight excluding hydrogens is 395 g/mol. The van der Waals surface area contributed by atoms with Crippen molar-refractivity contribution in [2.24, 2.45) is 0 Å². The predicted octanol–water partition coefficient (Wildman–Crippen LogP) is 3.80. The van der Waals surface area contributed by atoms with Crippen molar-refractivity contribution < 1.29 is 40.2 Å². The summed E-state index contributed by atoms with van der Waals surface area (Å²) in [4.78, 5) is -0.779. The Labute approximate surface area is 152 Å². The zero-order valence-corrected chi connectivity index (χ0v) is 14.6. The van der Waals surface area contributed by atoms with Crippen LogP contribution in [0.4, 0.5) is 22.0 Å². The fourth-order valence-corrected chi connectivity index (χ4v) is 3.13. The Morgan fingerprint density at radius 3 is 2.33 bits per heavy atom. The minimum Gasteiger partial charge on any atom is -0.457 e. The van der Waals surface area contributed by atoms with Crippen molar-refractivity contribution in [3.63, 3.8) is 0 Å². The fourth-order valence-electron chi connectivity index (χ4n) is 2.31. The van der Waals surface area contributed by atoms with Crippen LogP contribution in [0.25, 0.3) is 0 Å². The number of hydrogen-bond donors (Lipinski definition) is 1. The minimum atomic E-state index is -4.54. The van der Waals surface area contributed by atoms with E-state index in [1.54, 1.807) is 0 Å². The van der Waals surface area contributed by atoms with Gasteiger partial charge in [0.2, 0.25) is 9.84 Å². The van der Waals surface area contributed by atoms with Crippen LogP contribution in [0.15, 0.2) is 53.2 Å². The van der Waals surface area contributed by atoms with E-state index < -0.39 is 63.0 Å². The van der Waals surface area contributed by atoms with Gasteiger partial charge in [-0.25, -0.2) is 30.4 Å². The normalized spacial score (nSPS) is 22.7. The maximum absolute atomic E-state index is 14.1. The summed E-state index contributed by atoms with van der Waals surface area (Å²) >= 11 is 0. The summed E-state index contributed by atoms with van der Waals surface area (Å²) in [6, 6.07) is 0.270. The Hall–Kier alpha value is -2.20. The quantitative estimate of drug-likeness (QED) is 0.767. The lowest BCUT2D eigenvalue weighted by Crippen LogP contribution is -2.35. The summed E-state index contributed by atoms with van der Waals surface area (Å²) in [5, 5.41) is 9.68. The van der Waals surface area contributed by atoms with Gasteiger partial charge in [-0.15, -0.1) is 0 Å². The van der Waals surface area contributed by atoms with Gasteiger partial charge in [0.25, 0.3) is 5.92 Å². The molecule has 0 heterocycles. The molecular formula is C17H15F5O4S. The number of hydrogen-bond acceptors (Lipinski definition) is 4. The van der Waals surface area contributed by atoms with E-state index in [0.29, 0.717) is 6.07 Å². The third kappa shape index (κ3) is 5.16. The molecule has 27 heavy (non-hydrogen) atoms. The summed E-state index contributed by atoms with van der Waals surface area (Å²) in [6.45, 7) is 3.39. The Morgan fingerprint density at radius 1 is 1.19 bits per heavy atom. The van der Waals surface area contributed by atoms with Gasteiger partial charge in [-0.05, 0) is 17.7 Å². The zero-order chi connectivity index (χ0) is 20.4. The highest BCUT2D eigenvalue weighted by Gasteiger charge is 2.41. The number of halogens is 5. The SMILES string of the molecule is C=C1CC(F)(F)[C@@H](O)C/C(S(=O)(=O)CF)=C\C=C1Oc1cc(F)cc(F)c1. The number of alkyl halides is 3. The highest BCUT2D eigenvalue weighted by atomic mass is 32.2. The largest absolute Gasteiger partial charge is 0.457 e. The Bertz CT molecular complexity index is 886. The van der Waals surface area contributed by atoms with Gasteiger partial charge in [0.05, 0.1) is 4.91 Å². The third-order valence-electron chi connectivity index (χ3n) is 3.71. The topological polar surface area (TPSA) is 63.6 Å². The molecule has 0 fully saturated rings. The van der Waals surface area contributed by atoms with Crippen LogP contribution in [0.2, 0.25) is 0 Å². The number of sulfone groups is 1. The van der Waals surface area contributed by atoms with Gasteiger partial charge in [0, 0.05) is 31.0 Å². The number of allylic oxidation sites excluding steroid dienone is 3. The highest BCUT2D eigenvalue weighted by molar-refractivity contribution is 7.95. The zero-order valence-electron chi connectivity index (χ0n) is 13.8. The van der Waals surface area contributed by atoms with Crippen LogP contribution in [0, 0.1) is 11.6 Å². The average molecular weight is 410 g/mol. The average Bonchev–Trinajstić information content (AvgIpc) is 2.58. The smallest absolute Gasteiger partial charge is 0.277 e. The van der Waals surface area contributed by atoms with E-state index in [1.165, 1.54) is 0 Å². The highest BCUT2D eigenvalue weighted by Crippen LogP contribution is 2.35. The molecule has 1 atom stereocenters. The molecule has 4 nitrogen and oxygen atoms in total. The van der Waals surface area contributed by atoms with Gasteiger partial charge in [-0.3, -0.25) is 0 Å². The first kappa shape index (κ1) is 21.1. The number of rotatable bonds is 4. The number of ether oxygens (including phenoxy) is 1. The number of aliphatic hydroxyl groups excluding tert-OH is 1. The summed E-state index contributed by atoms with van der Waals surface area (Å²) < 4.78 is 96.3. The van der Waals surface area contributed by atoms with Gasteiger partial charge in [-0.2, -0.15) is 0 Å². The second-order valence-electron chi connectivity index (χ2n) is 5.86. The van der Waals surface area contributed by atoms with Crippen molar-refractivity contribution in [3.05, 3.63) is 64.8 Å². The van der Waals surface area contributed by atoms with E-state index in [2.05, 4.69) is 6.58 Å². The van der Waals surface area contributed by atoms with E-state index in [1.807, 2.05) is 0 Å². The van der Waals surface area contributed by atoms with Gasteiger partial charge in [0.15, 0.2) is 6.01 Å². The molecule has 1 aromatic rings. The third-order valence-corrected chi connectivity index (χ3v) is 5.10. The van der Waals surface area contributed by atoms with Gasteiger partial charge in [-0.1, -0.05) is 6.58 Å². The van der Waals surface area contributed by atoms with Crippen LogP contribution in [0.3, 0.4) is 0 Å². The summed E-state index contributed by atoms with van der Waals surface area (Å²) in [6.07, 6.45) is -2.85. The molecule has 0 aliphatic heterocycles. The van der Waals surface area contributed by atoms with Crippen molar-refractivity contribution in [3.8, 4) is 5.75 Å². The van der Waals surface area contributed by atoms with E-state index in [0.717, 1.165) is 24.3 Å². The number of aliphatic hydroxyl groups is 1. The fraction of sp³-hybridized carbons (Fsp3) is 0.294. The molecule has 1 aliphatic rings. The second kappa shape index (κ2) is 7.81. The molecule has 1 N–H and O–H groups in total. The first-order valence-electron chi connectivity index (χ1n) is 7.52. The van der Waals surface area contributed by atoms with Crippen molar-refractivity contribution in [2.45, 2.75) is 24.9 Å². The standard InChI is InChI=1S/C17H15F5O4S/c1-10-8-17(21,22)16(23)7-14(27(24,25)9-18)2-3-15(10)26-13-5-11(19)4-12(20)6-13/h2-6,16,23H,1,7-9H2/b14-2+,15-3?/t16-/m0/s1. The van der Waals surface area contributed by atoms with E-state index >= 15 is 0 Å². The van der Waals surface area contributed by atoms with E-state index in [-0.39, 0.29) is 11.3 Å². The molecule has 0 saturated carbocycles. The summed E-state index contributed by atoms with van der Waals surface area (Å²) in [7, 11) is -4.54. The van der Waals surface area contributed by atoms with Crippen LogP contribution in [-0.4, -0.2) is 31.6 Å². The molecule has 0 saturated heterocycles.